The molecule has 0 aromatic rings. The summed E-state index contributed by atoms with van der Waals surface area (Å²) >= 11 is 0. The number of amides is 1. The van der Waals surface area contributed by atoms with Gasteiger partial charge >= 0.3 is 7.82 Å². The van der Waals surface area contributed by atoms with Crippen molar-refractivity contribution in [3.63, 3.8) is 0 Å². The molecule has 0 heterocycles. The molecule has 0 aliphatic heterocycles. The molecule has 0 aliphatic carbocycles. The van der Waals surface area contributed by atoms with Crippen LogP contribution < -0.4 is 11.1 Å². The molecule has 0 aromatic heterocycles. The lowest BCUT2D eigenvalue weighted by atomic mass is 10.1. The molecule has 1 amide bonds. The molecule has 234 valence electrons. The van der Waals surface area contributed by atoms with Crippen LogP contribution in [-0.2, 0) is 18.4 Å². The summed E-state index contributed by atoms with van der Waals surface area (Å²) in [6.45, 7) is 3.75. The number of carbonyl (C=O) groups excluding carboxylic acids is 1. The van der Waals surface area contributed by atoms with Gasteiger partial charge in [0.1, 0.15) is 0 Å². The predicted molar refractivity (Wildman–Crippen MR) is 163 cm³/mol. The molecule has 0 aromatic carbocycles. The van der Waals surface area contributed by atoms with Crippen molar-refractivity contribution in [2.24, 2.45) is 5.73 Å². The first kappa shape index (κ1) is 38.7. The Labute approximate surface area is 242 Å². The second-order valence-electron chi connectivity index (χ2n) is 10.1. The van der Waals surface area contributed by atoms with Crippen LogP contribution in [0.4, 0.5) is 0 Å². The summed E-state index contributed by atoms with van der Waals surface area (Å²) in [6, 6.07) is -1.00. The highest BCUT2D eigenvalue weighted by Crippen LogP contribution is 2.43. The van der Waals surface area contributed by atoms with Crippen LogP contribution in [0.3, 0.4) is 0 Å². The van der Waals surface area contributed by atoms with Crippen molar-refractivity contribution in [2.45, 2.75) is 128 Å². The van der Waals surface area contributed by atoms with E-state index >= 15 is 0 Å². The normalized spacial score (nSPS) is 16.1. The fourth-order valence-corrected chi connectivity index (χ4v) is 4.66. The molecule has 0 fully saturated rings. The molecular formula is C30H57N2O7P. The fraction of sp³-hybridized carbons (Fsp3) is 0.767. The molecule has 0 rings (SSSR count). The third-order valence-corrected chi connectivity index (χ3v) is 7.21. The zero-order chi connectivity index (χ0) is 29.9. The number of nitrogens with one attached hydrogen (secondary N) is 1. The minimum absolute atomic E-state index is 0.0406. The third kappa shape index (κ3) is 24.5. The van der Waals surface area contributed by atoms with E-state index in [1.807, 2.05) is 0 Å². The SMILES string of the molecule is CCC/C=C/CC/C=C/C(O)C(COP(=O)(O)OCCN)NC(=O)CC(O)CCC/C=C\CCCCCCCC. The summed E-state index contributed by atoms with van der Waals surface area (Å²) in [7, 11) is -4.39. The average molecular weight is 589 g/mol. The topological polar surface area (TPSA) is 151 Å². The zero-order valence-electron chi connectivity index (χ0n) is 24.9. The Bertz CT molecular complexity index is 746. The van der Waals surface area contributed by atoms with Gasteiger partial charge in [0.15, 0.2) is 0 Å². The number of aliphatic hydroxyl groups is 2. The summed E-state index contributed by atoms with van der Waals surface area (Å²) in [5, 5.41) is 23.6. The van der Waals surface area contributed by atoms with Crippen LogP contribution in [0.1, 0.15) is 110 Å². The average Bonchev–Trinajstić information content (AvgIpc) is 2.92. The predicted octanol–water partition coefficient (Wildman–Crippen LogP) is 5.85. The highest BCUT2D eigenvalue weighted by Gasteiger charge is 2.27. The maximum absolute atomic E-state index is 12.6. The van der Waals surface area contributed by atoms with Crippen molar-refractivity contribution in [3.8, 4) is 0 Å². The van der Waals surface area contributed by atoms with Gasteiger partial charge in [-0.1, -0.05) is 88.8 Å². The zero-order valence-corrected chi connectivity index (χ0v) is 25.8. The maximum Gasteiger partial charge on any atom is 0.472 e. The molecule has 4 unspecified atom stereocenters. The van der Waals surface area contributed by atoms with Gasteiger partial charge in [0, 0.05) is 6.54 Å². The van der Waals surface area contributed by atoms with Crippen LogP contribution in [-0.4, -0.2) is 59.0 Å². The molecule has 0 radical (unpaired) electrons. The van der Waals surface area contributed by atoms with Gasteiger partial charge in [-0.25, -0.2) is 4.57 Å². The minimum atomic E-state index is -4.39. The quantitative estimate of drug-likeness (QED) is 0.0456. The molecule has 0 spiro atoms. The molecule has 6 N–H and O–H groups in total. The molecule has 9 nitrogen and oxygen atoms in total. The molecule has 0 bridgehead atoms. The summed E-state index contributed by atoms with van der Waals surface area (Å²) in [6.07, 6.45) is 24.1. The maximum atomic E-state index is 12.6. The van der Waals surface area contributed by atoms with E-state index in [4.69, 9.17) is 14.8 Å². The number of hydrogen-bond donors (Lipinski definition) is 5. The van der Waals surface area contributed by atoms with E-state index in [0.717, 1.165) is 38.5 Å². The van der Waals surface area contributed by atoms with Gasteiger partial charge < -0.3 is 26.2 Å². The first-order chi connectivity index (χ1) is 19.3. The number of phosphoric ester groups is 1. The van der Waals surface area contributed by atoms with E-state index in [1.54, 1.807) is 6.08 Å². The van der Waals surface area contributed by atoms with Crippen molar-refractivity contribution in [3.05, 3.63) is 36.5 Å². The largest absolute Gasteiger partial charge is 0.472 e. The molecule has 0 saturated heterocycles. The number of hydrogen-bond acceptors (Lipinski definition) is 7. The molecule has 0 saturated carbocycles. The summed E-state index contributed by atoms with van der Waals surface area (Å²) in [5.74, 6) is -0.481. The van der Waals surface area contributed by atoms with E-state index in [9.17, 15) is 24.5 Å². The Kier molecular flexibility index (Phi) is 25.7. The van der Waals surface area contributed by atoms with Crippen molar-refractivity contribution >= 4 is 13.7 Å². The van der Waals surface area contributed by atoms with E-state index in [1.165, 1.54) is 44.6 Å². The number of aliphatic hydroxyl groups excluding tert-OH is 2. The van der Waals surface area contributed by atoms with Crippen molar-refractivity contribution in [1.29, 1.82) is 0 Å². The van der Waals surface area contributed by atoms with Crippen LogP contribution in [0.25, 0.3) is 0 Å². The van der Waals surface area contributed by atoms with Crippen LogP contribution in [0.15, 0.2) is 36.5 Å². The van der Waals surface area contributed by atoms with E-state index in [0.29, 0.717) is 12.8 Å². The highest BCUT2D eigenvalue weighted by atomic mass is 31.2. The molecule has 0 aliphatic rings. The van der Waals surface area contributed by atoms with Crippen LogP contribution in [0.5, 0.6) is 0 Å². The van der Waals surface area contributed by atoms with Crippen molar-refractivity contribution < 1.29 is 33.5 Å². The van der Waals surface area contributed by atoms with E-state index < -0.39 is 38.6 Å². The van der Waals surface area contributed by atoms with Crippen LogP contribution >= 0.6 is 7.82 Å². The highest BCUT2D eigenvalue weighted by molar-refractivity contribution is 7.47. The number of carbonyl (C=O) groups is 1. The van der Waals surface area contributed by atoms with Gasteiger partial charge in [0.25, 0.3) is 0 Å². The Balaban J connectivity index is 4.61. The standard InChI is InChI=1S/C30H57N2O7P/c1-3-5-7-9-11-12-13-14-16-17-19-21-27(33)25-30(35)32-28(26-39-40(36,37)38-24-23-31)29(34)22-20-18-15-10-8-6-4-2/h8,10,14,16,20,22,27-29,33-34H,3-7,9,11-13,15,17-19,21,23-26,31H2,1-2H3,(H,32,35)(H,36,37)/b10-8+,16-14-,22-20+. The lowest BCUT2D eigenvalue weighted by Gasteiger charge is -2.24. The number of nitrogens with two attached hydrogens (primary N) is 1. The smallest absolute Gasteiger partial charge is 0.393 e. The van der Waals surface area contributed by atoms with E-state index in [-0.39, 0.29) is 19.6 Å². The Hall–Kier alpha value is -1.32. The van der Waals surface area contributed by atoms with Crippen LogP contribution in [0.2, 0.25) is 0 Å². The second-order valence-corrected chi connectivity index (χ2v) is 11.6. The van der Waals surface area contributed by atoms with E-state index in [2.05, 4.69) is 43.5 Å². The monoisotopic (exact) mass is 588 g/mol. The van der Waals surface area contributed by atoms with Gasteiger partial charge in [-0.2, -0.15) is 0 Å². The second kappa shape index (κ2) is 26.6. The van der Waals surface area contributed by atoms with Crippen molar-refractivity contribution in [1.82, 2.24) is 5.32 Å². The van der Waals surface area contributed by atoms with Gasteiger partial charge in [0.2, 0.25) is 5.91 Å². The summed E-state index contributed by atoms with van der Waals surface area (Å²) < 4.78 is 21.7. The minimum Gasteiger partial charge on any atom is -0.393 e. The molecule has 4 atom stereocenters. The number of allylic oxidation sites excluding steroid dienone is 5. The summed E-state index contributed by atoms with van der Waals surface area (Å²) in [5.41, 5.74) is 5.30. The first-order valence-electron chi connectivity index (χ1n) is 15.2. The van der Waals surface area contributed by atoms with Crippen LogP contribution in [0, 0.1) is 0 Å². The molecule has 40 heavy (non-hydrogen) atoms. The van der Waals surface area contributed by atoms with Gasteiger partial charge in [0.05, 0.1) is 37.9 Å². The van der Waals surface area contributed by atoms with Gasteiger partial charge in [-0.3, -0.25) is 13.8 Å². The lowest BCUT2D eigenvalue weighted by Crippen LogP contribution is -2.46. The Morgan fingerprint density at radius 2 is 1.48 bits per heavy atom. The molecular weight excluding hydrogens is 531 g/mol. The van der Waals surface area contributed by atoms with Crippen molar-refractivity contribution in [2.75, 3.05) is 19.8 Å². The number of rotatable bonds is 27. The first-order valence-corrected chi connectivity index (χ1v) is 16.7. The summed E-state index contributed by atoms with van der Waals surface area (Å²) in [4.78, 5) is 22.4. The lowest BCUT2D eigenvalue weighted by molar-refractivity contribution is -0.124. The Morgan fingerprint density at radius 3 is 2.17 bits per heavy atom. The number of phosphoric acid groups is 1. The fourth-order valence-electron chi connectivity index (χ4n) is 3.90. The number of unbranched alkanes of at least 4 members (excludes halogenated alkanes) is 9. The molecule has 10 heteroatoms. The van der Waals surface area contributed by atoms with Gasteiger partial charge in [-0.05, 0) is 51.4 Å². The van der Waals surface area contributed by atoms with Gasteiger partial charge in [-0.15, -0.1) is 0 Å². The third-order valence-electron chi connectivity index (χ3n) is 6.22. The Morgan fingerprint density at radius 1 is 0.850 bits per heavy atom.